The highest BCUT2D eigenvalue weighted by Gasteiger charge is 2.26. The first-order chi connectivity index (χ1) is 4.63. The van der Waals surface area contributed by atoms with Crippen LogP contribution in [0.5, 0.6) is 0 Å². The van der Waals surface area contributed by atoms with Crippen LogP contribution in [0.15, 0.2) is 0 Å². The van der Waals surface area contributed by atoms with Crippen LogP contribution >= 0.6 is 0 Å². The Morgan fingerprint density at radius 1 is 1.50 bits per heavy atom. The van der Waals surface area contributed by atoms with Crippen molar-refractivity contribution >= 4 is 24.3 Å². The number of rotatable bonds is 4. The van der Waals surface area contributed by atoms with E-state index in [9.17, 15) is 14.4 Å². The summed E-state index contributed by atoms with van der Waals surface area (Å²) in [6.07, 6.45) is 0.636. The van der Waals surface area contributed by atoms with Gasteiger partial charge in [0, 0.05) is 0 Å². The van der Waals surface area contributed by atoms with Crippen LogP contribution in [0.1, 0.15) is 20.3 Å². The molecule has 0 N–H and O–H groups in total. The van der Waals surface area contributed by atoms with Crippen molar-refractivity contribution in [1.82, 2.24) is 0 Å². The molecule has 0 radical (unpaired) electrons. The molecule has 0 amide bonds. The van der Waals surface area contributed by atoms with Gasteiger partial charge in [0.05, 0.1) is 6.19 Å². The van der Waals surface area contributed by atoms with Gasteiger partial charge < -0.3 is 14.4 Å². The zero-order valence-electron chi connectivity index (χ0n) is 6.09. The van der Waals surface area contributed by atoms with Gasteiger partial charge in [-0.3, -0.25) is 0 Å². The number of carbonyl (C=O) groups excluding carboxylic acids is 3. The molecule has 0 rings (SSSR count). The molecule has 0 unspecified atom stereocenters. The Morgan fingerprint density at radius 3 is 2.10 bits per heavy atom. The zero-order chi connectivity index (χ0) is 8.15. The van der Waals surface area contributed by atoms with Crippen molar-refractivity contribution in [3.8, 4) is 0 Å². The smallest absolute Gasteiger partial charge is 0.313 e. The lowest BCUT2D eigenvalue weighted by atomic mass is 9.44. The molecule has 0 aromatic carbocycles. The maximum atomic E-state index is 10.7. The number of hydrogen-bond acceptors (Lipinski definition) is 3. The predicted molar refractivity (Wildman–Crippen MR) is 38.5 cm³/mol. The van der Waals surface area contributed by atoms with Gasteiger partial charge in [0.1, 0.15) is 11.4 Å². The van der Waals surface area contributed by atoms with Gasteiger partial charge in [-0.25, -0.2) is 0 Å². The Hall–Kier alpha value is -0.925. The van der Waals surface area contributed by atoms with Crippen LogP contribution in [-0.2, 0) is 14.4 Å². The summed E-state index contributed by atoms with van der Waals surface area (Å²) < 4.78 is 0. The van der Waals surface area contributed by atoms with Crippen LogP contribution in [-0.4, -0.2) is 24.3 Å². The maximum Gasteiger partial charge on any atom is 0.371 e. The third-order valence-electron chi connectivity index (χ3n) is 1.27. The molecular weight excluding hydrogens is 131 g/mol. The highest BCUT2D eigenvalue weighted by Crippen LogP contribution is 1.88. The quantitative estimate of drug-likeness (QED) is 0.404. The van der Waals surface area contributed by atoms with Crippen LogP contribution in [0, 0.1) is 0 Å². The van der Waals surface area contributed by atoms with E-state index in [2.05, 4.69) is 0 Å². The number of hydrogen-bond donors (Lipinski definition) is 0. The van der Waals surface area contributed by atoms with Crippen LogP contribution in [0.2, 0.25) is 0 Å². The summed E-state index contributed by atoms with van der Waals surface area (Å²) in [4.78, 5) is 31.4. The minimum atomic E-state index is -1.02. The largest absolute Gasteiger partial charge is 0.371 e. The molecule has 0 saturated heterocycles. The molecule has 54 valence electrons. The topological polar surface area (TPSA) is 51.2 Å². The van der Waals surface area contributed by atoms with E-state index in [0.29, 0.717) is 6.19 Å². The molecule has 0 aliphatic carbocycles. The molecule has 0 fully saturated rings. The molecule has 0 heterocycles. The van der Waals surface area contributed by atoms with E-state index in [1.54, 1.807) is 6.92 Å². The Balaban J connectivity index is 4.20. The zero-order valence-corrected chi connectivity index (χ0v) is 6.09. The van der Waals surface area contributed by atoms with Gasteiger partial charge in [-0.2, -0.15) is 0 Å². The van der Waals surface area contributed by atoms with Gasteiger partial charge >= 0.3 is 6.71 Å². The van der Waals surface area contributed by atoms with E-state index < -0.39 is 6.71 Å². The summed E-state index contributed by atoms with van der Waals surface area (Å²) in [5, 5.41) is 0. The standard InChI is InChI=1S/C6H9BO3/c1-3-6(10)7(4-8)5(2)9/h4H,3H2,1-2H3. The molecule has 0 saturated carbocycles. The normalized spacial score (nSPS) is 8.60. The summed E-state index contributed by atoms with van der Waals surface area (Å²) in [6, 6.07) is 0. The predicted octanol–water partition coefficient (Wildman–Crippen LogP) is -0.100. The average molecular weight is 140 g/mol. The number of carbonyl (C=O) groups is 3. The van der Waals surface area contributed by atoms with Gasteiger partial charge in [-0.05, 0) is 13.3 Å². The minimum Gasteiger partial charge on any atom is -0.313 e. The second kappa shape index (κ2) is 3.98. The van der Waals surface area contributed by atoms with Crippen molar-refractivity contribution in [2.45, 2.75) is 20.3 Å². The Bertz CT molecular complexity index is 164. The summed E-state index contributed by atoms with van der Waals surface area (Å²) in [6.45, 7) is 1.85. The SMILES string of the molecule is CCC(=O)B(C=O)C(C)=O. The maximum absolute atomic E-state index is 10.7. The lowest BCUT2D eigenvalue weighted by molar-refractivity contribution is -0.114. The monoisotopic (exact) mass is 140 g/mol. The van der Waals surface area contributed by atoms with Crippen molar-refractivity contribution in [2.24, 2.45) is 0 Å². The fraction of sp³-hybridized carbons (Fsp3) is 0.500. The molecule has 0 aliphatic rings. The Kier molecular flexibility index (Phi) is 3.61. The average Bonchev–Trinajstić information content (AvgIpc) is 1.88. The van der Waals surface area contributed by atoms with E-state index in [0.717, 1.165) is 0 Å². The van der Waals surface area contributed by atoms with Crippen LogP contribution in [0.3, 0.4) is 0 Å². The third kappa shape index (κ3) is 2.13. The van der Waals surface area contributed by atoms with E-state index in [1.807, 2.05) is 0 Å². The highest BCUT2D eigenvalue weighted by atomic mass is 16.1. The third-order valence-corrected chi connectivity index (χ3v) is 1.27. The molecule has 0 spiro atoms. The molecule has 0 bridgehead atoms. The Labute approximate surface area is 59.9 Å². The summed E-state index contributed by atoms with van der Waals surface area (Å²) in [5.41, 5.74) is -0.677. The van der Waals surface area contributed by atoms with Gasteiger partial charge in [-0.15, -0.1) is 0 Å². The van der Waals surface area contributed by atoms with Crippen LogP contribution in [0.4, 0.5) is 0 Å². The second-order valence-electron chi connectivity index (χ2n) is 2.04. The molecule has 0 aromatic heterocycles. The highest BCUT2D eigenvalue weighted by molar-refractivity contribution is 7.24. The van der Waals surface area contributed by atoms with Gasteiger partial charge in [0.2, 0.25) is 0 Å². The molecule has 0 atom stereocenters. The van der Waals surface area contributed by atoms with Crippen molar-refractivity contribution < 1.29 is 14.4 Å². The molecule has 0 aromatic rings. The summed E-state index contributed by atoms with van der Waals surface area (Å²) in [5.74, 6) is 0. The molecule has 10 heavy (non-hydrogen) atoms. The van der Waals surface area contributed by atoms with Gasteiger partial charge in [0.15, 0.2) is 0 Å². The lowest BCUT2D eigenvalue weighted by Crippen LogP contribution is -2.35. The first-order valence-corrected chi connectivity index (χ1v) is 3.12. The first-order valence-electron chi connectivity index (χ1n) is 3.12. The first kappa shape index (κ1) is 9.07. The van der Waals surface area contributed by atoms with Crippen molar-refractivity contribution in [1.29, 1.82) is 0 Å². The summed E-state index contributed by atoms with van der Waals surface area (Å²) in [7, 11) is 0. The van der Waals surface area contributed by atoms with Crippen molar-refractivity contribution in [3.05, 3.63) is 0 Å². The van der Waals surface area contributed by atoms with Crippen LogP contribution in [0.25, 0.3) is 0 Å². The van der Waals surface area contributed by atoms with Gasteiger partial charge in [0.25, 0.3) is 0 Å². The molecule has 4 heteroatoms. The van der Waals surface area contributed by atoms with Gasteiger partial charge in [-0.1, -0.05) is 6.92 Å². The second-order valence-corrected chi connectivity index (χ2v) is 2.04. The van der Waals surface area contributed by atoms with E-state index in [1.165, 1.54) is 6.92 Å². The minimum absolute atomic E-state index is 0.239. The fourth-order valence-electron chi connectivity index (χ4n) is 0.618. The Morgan fingerprint density at radius 2 is 2.00 bits per heavy atom. The van der Waals surface area contributed by atoms with E-state index >= 15 is 0 Å². The van der Waals surface area contributed by atoms with Crippen LogP contribution < -0.4 is 0 Å². The van der Waals surface area contributed by atoms with E-state index in [4.69, 9.17) is 0 Å². The lowest BCUT2D eigenvalue weighted by Gasteiger charge is -1.95. The van der Waals surface area contributed by atoms with E-state index in [-0.39, 0.29) is 17.8 Å². The molecule has 3 nitrogen and oxygen atoms in total. The molecule has 0 aliphatic heterocycles. The van der Waals surface area contributed by atoms with Crippen molar-refractivity contribution in [2.75, 3.05) is 0 Å². The molecular formula is C6H9BO3. The summed E-state index contributed by atoms with van der Waals surface area (Å²) >= 11 is 0. The fourth-order valence-corrected chi connectivity index (χ4v) is 0.618. The van der Waals surface area contributed by atoms with Crippen molar-refractivity contribution in [3.63, 3.8) is 0 Å².